The molecule has 1 saturated carbocycles. The minimum Gasteiger partial charge on any atom is -0.350 e. The van der Waals surface area contributed by atoms with E-state index in [0.29, 0.717) is 0 Å². The van der Waals surface area contributed by atoms with Crippen molar-refractivity contribution in [2.75, 3.05) is 6.54 Å². The Morgan fingerprint density at radius 3 is 2.39 bits per heavy atom. The quantitative estimate of drug-likeness (QED) is 0.290. The summed E-state index contributed by atoms with van der Waals surface area (Å²) < 4.78 is 114. The Morgan fingerprint density at radius 2 is 1.80 bits per heavy atom. The van der Waals surface area contributed by atoms with Crippen LogP contribution >= 0.6 is 0 Å². The maximum atomic E-state index is 15.6. The molecule has 0 saturated heterocycles. The van der Waals surface area contributed by atoms with Crippen molar-refractivity contribution in [3.05, 3.63) is 40.7 Å². The van der Waals surface area contributed by atoms with Crippen molar-refractivity contribution in [3.63, 3.8) is 0 Å². The van der Waals surface area contributed by atoms with Gasteiger partial charge in [0.1, 0.15) is 23.0 Å². The maximum absolute atomic E-state index is 15.6. The summed E-state index contributed by atoms with van der Waals surface area (Å²) in [6.07, 6.45) is -11.2. The fraction of sp³-hybridized carbons (Fsp3) is 0.542. The number of fused-ring (bicyclic) bond motifs is 1. The normalized spacial score (nSPS) is 18.0. The summed E-state index contributed by atoms with van der Waals surface area (Å²) in [5.74, 6) is -9.88. The van der Waals surface area contributed by atoms with Gasteiger partial charge in [0, 0.05) is 18.4 Å². The van der Waals surface area contributed by atoms with Crippen molar-refractivity contribution in [1.29, 1.82) is 0 Å². The molecule has 1 fully saturated rings. The summed E-state index contributed by atoms with van der Waals surface area (Å²) in [5, 5.41) is 11.2. The number of aryl methyl sites for hydroxylation is 1. The van der Waals surface area contributed by atoms with E-state index in [4.69, 9.17) is 0 Å². The van der Waals surface area contributed by atoms with E-state index in [2.05, 4.69) is 30.2 Å². The highest BCUT2D eigenvalue weighted by atomic mass is 19.3. The Kier molecular flexibility index (Phi) is 8.82. The summed E-state index contributed by atoms with van der Waals surface area (Å²) in [6.45, 7) is 0.162. The van der Waals surface area contributed by atoms with Gasteiger partial charge in [-0.25, -0.2) is 44.7 Å². The van der Waals surface area contributed by atoms with Gasteiger partial charge in [0.05, 0.1) is 18.1 Å². The van der Waals surface area contributed by atoms with Crippen LogP contribution in [0.2, 0.25) is 0 Å². The smallest absolute Gasteiger partial charge is 0.276 e. The number of imidazole rings is 1. The first-order chi connectivity index (χ1) is 19.3. The summed E-state index contributed by atoms with van der Waals surface area (Å²) in [7, 11) is 0. The first-order valence-corrected chi connectivity index (χ1v) is 12.4. The Hall–Kier alpha value is -3.79. The topological polar surface area (TPSA) is 126 Å². The van der Waals surface area contributed by atoms with Crippen LogP contribution in [0.15, 0.2) is 16.8 Å². The molecule has 4 rings (SSSR count). The number of H-pyrrole nitrogens is 1. The second-order valence-corrected chi connectivity index (χ2v) is 9.72. The van der Waals surface area contributed by atoms with Crippen LogP contribution in [0.4, 0.5) is 35.1 Å². The lowest BCUT2D eigenvalue weighted by Crippen LogP contribution is -2.39. The van der Waals surface area contributed by atoms with Crippen LogP contribution in [0.25, 0.3) is 11.0 Å². The third-order valence-corrected chi connectivity index (χ3v) is 6.93. The van der Waals surface area contributed by atoms with Gasteiger partial charge in [-0.2, -0.15) is 0 Å². The molecule has 1 unspecified atom stereocenters. The number of nitrogens with one attached hydrogen (secondary N) is 3. The molecule has 3 N–H and O–H groups in total. The zero-order valence-electron chi connectivity index (χ0n) is 21.2. The lowest BCUT2D eigenvalue weighted by molar-refractivity contribution is -0.126. The Morgan fingerprint density at radius 1 is 1.12 bits per heavy atom. The molecule has 0 radical (unpaired) electrons. The van der Waals surface area contributed by atoms with Gasteiger partial charge in [-0.3, -0.25) is 9.59 Å². The number of hydrogen-bond acceptors (Lipinski definition) is 6. The number of alkyl halides is 7. The molecule has 1 aliphatic carbocycles. The number of benzene rings is 1. The van der Waals surface area contributed by atoms with Gasteiger partial charge in [-0.15, -0.1) is 0 Å². The highest BCUT2D eigenvalue weighted by Crippen LogP contribution is 2.42. The van der Waals surface area contributed by atoms with E-state index < -0.39 is 90.9 Å². The first kappa shape index (κ1) is 30.2. The monoisotopic (exact) mass is 596 g/mol. The molecule has 3 atom stereocenters. The van der Waals surface area contributed by atoms with Crippen LogP contribution in [0.5, 0.6) is 0 Å². The van der Waals surface area contributed by atoms with E-state index in [0.717, 1.165) is 12.1 Å². The summed E-state index contributed by atoms with van der Waals surface area (Å²) in [5.41, 5.74) is -1.52. The molecule has 9 nitrogen and oxygen atoms in total. The predicted octanol–water partition coefficient (Wildman–Crippen LogP) is 4.76. The number of amides is 2. The van der Waals surface area contributed by atoms with Crippen LogP contribution in [0.1, 0.15) is 65.2 Å². The molecular weight excluding hydrogens is 572 g/mol. The number of halogens is 8. The minimum atomic E-state index is -3.75. The van der Waals surface area contributed by atoms with E-state index in [9.17, 15) is 40.3 Å². The second-order valence-electron chi connectivity index (χ2n) is 9.72. The van der Waals surface area contributed by atoms with Crippen molar-refractivity contribution in [1.82, 2.24) is 30.9 Å². The van der Waals surface area contributed by atoms with Gasteiger partial charge in [-0.05, 0) is 36.9 Å². The lowest BCUT2D eigenvalue weighted by atomic mass is 9.81. The Balaban J connectivity index is 1.72. The van der Waals surface area contributed by atoms with Crippen LogP contribution < -0.4 is 10.6 Å². The van der Waals surface area contributed by atoms with Crippen molar-refractivity contribution in [2.45, 2.75) is 69.5 Å². The molecule has 0 bridgehead atoms. The Bertz CT molecular complexity index is 1390. The summed E-state index contributed by atoms with van der Waals surface area (Å²) >= 11 is 0. The van der Waals surface area contributed by atoms with Gasteiger partial charge in [0.15, 0.2) is 17.7 Å². The van der Waals surface area contributed by atoms with Crippen molar-refractivity contribution in [3.8, 4) is 0 Å². The fourth-order valence-electron chi connectivity index (χ4n) is 4.81. The minimum absolute atomic E-state index is 0.0525. The van der Waals surface area contributed by atoms with E-state index in [-0.39, 0.29) is 35.6 Å². The van der Waals surface area contributed by atoms with E-state index >= 15 is 4.39 Å². The van der Waals surface area contributed by atoms with E-state index in [1.807, 2.05) is 0 Å². The number of hydrogen-bond donors (Lipinski definition) is 3. The van der Waals surface area contributed by atoms with Crippen LogP contribution in [-0.2, 0) is 4.79 Å². The number of aromatic amines is 1. The van der Waals surface area contributed by atoms with Crippen LogP contribution in [-0.4, -0.2) is 63.6 Å². The Labute approximate surface area is 226 Å². The van der Waals surface area contributed by atoms with Crippen molar-refractivity contribution < 1.29 is 49.3 Å². The molecule has 0 aliphatic heterocycles. The van der Waals surface area contributed by atoms with Gasteiger partial charge < -0.3 is 15.6 Å². The largest absolute Gasteiger partial charge is 0.350 e. The summed E-state index contributed by atoms with van der Waals surface area (Å²) in [4.78, 5) is 32.1. The lowest BCUT2D eigenvalue weighted by Gasteiger charge is -2.33. The number of carbonyl (C=O) groups is 2. The average molecular weight is 596 g/mol. The molecule has 1 aromatic carbocycles. The SMILES string of the molecule is Cc1nonc1C(=O)N[C@H](c1nc2c(F)c([C@@H](C(=O)NCC(F)F)C(F)C(F)F)ccc2[nH]1)C1CCC(F)(F)CC1. The number of carbonyl (C=O) groups excluding carboxylic acids is 2. The molecule has 2 amide bonds. The molecule has 2 aromatic heterocycles. The molecule has 17 heteroatoms. The molecule has 41 heavy (non-hydrogen) atoms. The zero-order chi connectivity index (χ0) is 30.1. The van der Waals surface area contributed by atoms with Crippen LogP contribution in [0, 0.1) is 18.7 Å². The first-order valence-electron chi connectivity index (χ1n) is 12.4. The zero-order valence-corrected chi connectivity index (χ0v) is 21.2. The number of nitrogens with zero attached hydrogens (tertiary/aromatic N) is 3. The molecule has 1 aliphatic rings. The van der Waals surface area contributed by atoms with E-state index in [1.165, 1.54) is 6.92 Å². The molecule has 224 valence electrons. The molecule has 0 spiro atoms. The average Bonchev–Trinajstić information content (AvgIpc) is 3.54. The molecular formula is C24H24F8N6O3. The van der Waals surface area contributed by atoms with Gasteiger partial charge in [-0.1, -0.05) is 11.2 Å². The number of rotatable bonds is 10. The van der Waals surface area contributed by atoms with Crippen molar-refractivity contribution >= 4 is 22.8 Å². The van der Waals surface area contributed by atoms with E-state index in [1.54, 1.807) is 5.32 Å². The predicted molar refractivity (Wildman–Crippen MR) is 125 cm³/mol. The third kappa shape index (κ3) is 6.59. The molecule has 3 aromatic rings. The van der Waals surface area contributed by atoms with Gasteiger partial charge in [0.2, 0.25) is 11.8 Å². The summed E-state index contributed by atoms with van der Waals surface area (Å²) in [6, 6.07) is 0.848. The highest BCUT2D eigenvalue weighted by Gasteiger charge is 2.41. The number of aromatic nitrogens is 4. The van der Waals surface area contributed by atoms with Crippen molar-refractivity contribution in [2.24, 2.45) is 5.92 Å². The third-order valence-electron chi connectivity index (χ3n) is 6.93. The fourth-order valence-corrected chi connectivity index (χ4v) is 4.81. The maximum Gasteiger partial charge on any atom is 0.276 e. The highest BCUT2D eigenvalue weighted by molar-refractivity contribution is 5.93. The van der Waals surface area contributed by atoms with Gasteiger partial charge in [0.25, 0.3) is 18.8 Å². The van der Waals surface area contributed by atoms with Gasteiger partial charge >= 0.3 is 0 Å². The standard InChI is InChI=1S/C24H24F8N6O3/c1-9-17(38-41-37-9)23(40)36-18(10-4-6-24(31,32)7-5-10)21-34-12-3-2-11(15(27)19(12)35-21)14(16(28)20(29)30)22(39)33-8-13(25)26/h2-3,10,13-14,16,18,20H,4-8H2,1H3,(H,33,39)(H,34,35)(H,36,40)/t14-,16?,18+/m1/s1. The second kappa shape index (κ2) is 12.0. The molecule has 2 heterocycles. The van der Waals surface area contributed by atoms with Crippen LogP contribution in [0.3, 0.4) is 0 Å².